The number of allylic oxidation sites excluding steroid dienone is 2. The number of guanidine groups is 1. The molecule has 5 rings (SSSR count). The van der Waals surface area contributed by atoms with Crippen LogP contribution in [0.2, 0.25) is 0 Å². The number of benzene rings is 1. The van der Waals surface area contributed by atoms with Crippen molar-refractivity contribution in [2.75, 3.05) is 26.2 Å². The fraction of sp³-hybridized carbons (Fsp3) is 0.480. The minimum absolute atomic E-state index is 0.0317. The number of aromatic nitrogens is 1. The summed E-state index contributed by atoms with van der Waals surface area (Å²) >= 11 is 0. The van der Waals surface area contributed by atoms with Gasteiger partial charge in [-0.2, -0.15) is 0 Å². The van der Waals surface area contributed by atoms with E-state index in [9.17, 15) is 9.59 Å². The molecule has 1 aromatic carbocycles. The molecule has 1 saturated carbocycles. The highest BCUT2D eigenvalue weighted by Crippen LogP contribution is 2.52. The Kier molecular flexibility index (Phi) is 5.72. The number of amides is 2. The normalized spacial score (nSPS) is 26.4. The summed E-state index contributed by atoms with van der Waals surface area (Å²) in [6, 6.07) is 10.5. The third-order valence-electron chi connectivity index (χ3n) is 6.99. The van der Waals surface area contributed by atoms with Gasteiger partial charge >= 0.3 is 0 Å². The molecule has 2 heterocycles. The van der Waals surface area contributed by atoms with E-state index in [2.05, 4.69) is 51.0 Å². The van der Waals surface area contributed by atoms with E-state index in [1.807, 2.05) is 19.1 Å². The molecule has 2 aliphatic carbocycles. The highest BCUT2D eigenvalue weighted by atomic mass is 16.2. The van der Waals surface area contributed by atoms with Gasteiger partial charge in [-0.3, -0.25) is 19.5 Å². The van der Waals surface area contributed by atoms with Crippen LogP contribution in [0.25, 0.3) is 10.9 Å². The van der Waals surface area contributed by atoms with Crippen molar-refractivity contribution in [3.63, 3.8) is 0 Å². The van der Waals surface area contributed by atoms with E-state index < -0.39 is 0 Å². The number of carbonyl (C=O) groups is 2. The molecule has 1 saturated heterocycles. The van der Waals surface area contributed by atoms with Crippen LogP contribution in [0.5, 0.6) is 0 Å². The van der Waals surface area contributed by atoms with E-state index in [4.69, 9.17) is 0 Å². The first-order chi connectivity index (χ1) is 15.7. The quantitative estimate of drug-likeness (QED) is 0.196. The van der Waals surface area contributed by atoms with Crippen molar-refractivity contribution in [2.45, 2.75) is 26.2 Å². The largest absolute Gasteiger partial charge is 0.358 e. The van der Waals surface area contributed by atoms with E-state index >= 15 is 0 Å². The molecule has 7 nitrogen and oxygen atoms in total. The number of fused-ring (bicyclic) bond motifs is 6. The SMILES string of the molecule is CCNC(=NCCCN1C(=O)C2C3C=CC(C3)C2C1=O)NCCc1cc2ccccc2[nH]1. The number of rotatable bonds is 8. The zero-order chi connectivity index (χ0) is 22.1. The number of nitrogens with zero attached hydrogens (tertiary/aromatic N) is 2. The van der Waals surface area contributed by atoms with E-state index in [-0.39, 0.29) is 35.5 Å². The van der Waals surface area contributed by atoms with Gasteiger partial charge in [0.25, 0.3) is 0 Å². The van der Waals surface area contributed by atoms with Gasteiger partial charge in [0.2, 0.25) is 11.8 Å². The number of carbonyl (C=O) groups excluding carboxylic acids is 2. The van der Waals surface area contributed by atoms with Gasteiger partial charge in [0.05, 0.1) is 11.8 Å². The van der Waals surface area contributed by atoms with Crippen molar-refractivity contribution >= 4 is 28.7 Å². The predicted molar refractivity (Wildman–Crippen MR) is 125 cm³/mol. The molecule has 3 aliphatic rings. The molecule has 32 heavy (non-hydrogen) atoms. The Morgan fingerprint density at radius 2 is 1.88 bits per heavy atom. The number of hydrogen-bond donors (Lipinski definition) is 3. The molecular weight excluding hydrogens is 402 g/mol. The minimum atomic E-state index is -0.107. The number of hydrogen-bond acceptors (Lipinski definition) is 3. The third-order valence-corrected chi connectivity index (χ3v) is 6.99. The first kappa shape index (κ1) is 20.8. The van der Waals surface area contributed by atoms with Crippen LogP contribution < -0.4 is 10.6 Å². The van der Waals surface area contributed by atoms with Crippen LogP contribution in [0, 0.1) is 23.7 Å². The Morgan fingerprint density at radius 3 is 2.59 bits per heavy atom. The van der Waals surface area contributed by atoms with Gasteiger partial charge in [0, 0.05) is 43.8 Å². The van der Waals surface area contributed by atoms with Crippen molar-refractivity contribution in [2.24, 2.45) is 28.7 Å². The Labute approximate surface area is 188 Å². The van der Waals surface area contributed by atoms with E-state index in [0.29, 0.717) is 19.5 Å². The maximum Gasteiger partial charge on any atom is 0.233 e. The maximum absolute atomic E-state index is 12.8. The monoisotopic (exact) mass is 433 g/mol. The number of likely N-dealkylation sites (tertiary alicyclic amines) is 1. The summed E-state index contributed by atoms with van der Waals surface area (Å²) in [5.41, 5.74) is 2.34. The van der Waals surface area contributed by atoms with Crippen molar-refractivity contribution in [1.29, 1.82) is 0 Å². The van der Waals surface area contributed by atoms with Crippen LogP contribution in [0.1, 0.15) is 25.5 Å². The lowest BCUT2D eigenvalue weighted by Crippen LogP contribution is -2.38. The molecule has 1 aliphatic heterocycles. The van der Waals surface area contributed by atoms with Gasteiger partial charge in [0.15, 0.2) is 5.96 Å². The summed E-state index contributed by atoms with van der Waals surface area (Å²) in [4.78, 5) is 35.1. The maximum atomic E-state index is 12.8. The second kappa shape index (κ2) is 8.81. The molecule has 168 valence electrons. The summed E-state index contributed by atoms with van der Waals surface area (Å²) in [6.45, 7) is 4.61. The lowest BCUT2D eigenvalue weighted by Gasteiger charge is -2.17. The molecule has 2 amide bonds. The number of aromatic amines is 1. The lowest BCUT2D eigenvalue weighted by molar-refractivity contribution is -0.140. The fourth-order valence-corrected chi connectivity index (χ4v) is 5.53. The molecule has 4 atom stereocenters. The van der Waals surface area contributed by atoms with Gasteiger partial charge in [-0.1, -0.05) is 30.4 Å². The zero-order valence-electron chi connectivity index (χ0n) is 18.5. The van der Waals surface area contributed by atoms with Crippen LogP contribution >= 0.6 is 0 Å². The van der Waals surface area contributed by atoms with Crippen LogP contribution in [0.4, 0.5) is 0 Å². The molecule has 2 aromatic rings. The van der Waals surface area contributed by atoms with Gasteiger partial charge in [0.1, 0.15) is 0 Å². The smallest absolute Gasteiger partial charge is 0.233 e. The summed E-state index contributed by atoms with van der Waals surface area (Å²) in [5, 5.41) is 7.87. The van der Waals surface area contributed by atoms with Crippen molar-refractivity contribution in [3.05, 3.63) is 48.2 Å². The predicted octanol–water partition coefficient (Wildman–Crippen LogP) is 2.46. The van der Waals surface area contributed by atoms with E-state index in [0.717, 1.165) is 37.4 Å². The van der Waals surface area contributed by atoms with Crippen LogP contribution in [-0.2, 0) is 16.0 Å². The van der Waals surface area contributed by atoms with Crippen LogP contribution in [0.15, 0.2) is 47.5 Å². The zero-order valence-corrected chi connectivity index (χ0v) is 18.5. The molecule has 2 fully saturated rings. The third kappa shape index (κ3) is 3.80. The second-order valence-corrected chi connectivity index (χ2v) is 9.00. The van der Waals surface area contributed by atoms with E-state index in [1.54, 1.807) is 0 Å². The highest BCUT2D eigenvalue weighted by molar-refractivity contribution is 6.06. The molecule has 1 aromatic heterocycles. The Morgan fingerprint density at radius 1 is 1.12 bits per heavy atom. The summed E-state index contributed by atoms with van der Waals surface area (Å²) < 4.78 is 0. The number of nitrogens with one attached hydrogen (secondary N) is 3. The van der Waals surface area contributed by atoms with Gasteiger partial charge in [-0.15, -0.1) is 0 Å². The highest BCUT2D eigenvalue weighted by Gasteiger charge is 2.58. The summed E-state index contributed by atoms with van der Waals surface area (Å²) in [6.07, 6.45) is 6.79. The van der Waals surface area contributed by atoms with Crippen LogP contribution in [-0.4, -0.2) is 53.8 Å². The van der Waals surface area contributed by atoms with Gasteiger partial charge in [-0.25, -0.2) is 0 Å². The fourth-order valence-electron chi connectivity index (χ4n) is 5.53. The molecule has 0 spiro atoms. The number of H-pyrrole nitrogens is 1. The van der Waals surface area contributed by atoms with Crippen LogP contribution in [0.3, 0.4) is 0 Å². The first-order valence-corrected chi connectivity index (χ1v) is 11.8. The number of para-hydroxylation sites is 1. The first-order valence-electron chi connectivity index (χ1n) is 11.8. The Balaban J connectivity index is 1.10. The number of imide groups is 1. The Bertz CT molecular complexity index is 1010. The molecule has 2 bridgehead atoms. The molecule has 3 N–H and O–H groups in total. The molecule has 4 unspecified atom stereocenters. The standard InChI is InChI=1S/C25H31N5O2/c1-2-26-25(28-12-10-19-15-16-6-3-4-7-20(16)29-19)27-11-5-13-30-23(31)21-17-8-9-18(14-17)22(21)24(30)32/h3-4,6-9,15,17-18,21-22,29H,2,5,10-14H2,1H3,(H2,26,27,28). The van der Waals surface area contributed by atoms with Gasteiger partial charge in [-0.05, 0) is 49.1 Å². The second-order valence-electron chi connectivity index (χ2n) is 9.00. The molecular formula is C25H31N5O2. The minimum Gasteiger partial charge on any atom is -0.358 e. The average molecular weight is 434 g/mol. The number of aliphatic imine (C=N–C) groups is 1. The summed E-state index contributed by atoms with van der Waals surface area (Å²) in [7, 11) is 0. The molecule has 7 heteroatoms. The van der Waals surface area contributed by atoms with Gasteiger partial charge < -0.3 is 15.6 Å². The van der Waals surface area contributed by atoms with Crippen molar-refractivity contribution < 1.29 is 9.59 Å². The Hall–Kier alpha value is -3.09. The average Bonchev–Trinajstić information content (AvgIpc) is 3.55. The lowest BCUT2D eigenvalue weighted by atomic mass is 9.85. The molecule has 0 radical (unpaired) electrons. The topological polar surface area (TPSA) is 89.6 Å². The van der Waals surface area contributed by atoms with Crippen molar-refractivity contribution in [1.82, 2.24) is 20.5 Å². The van der Waals surface area contributed by atoms with E-state index in [1.165, 1.54) is 16.0 Å². The van der Waals surface area contributed by atoms with Crippen molar-refractivity contribution in [3.8, 4) is 0 Å². The summed E-state index contributed by atoms with van der Waals surface area (Å²) in [5.74, 6) is 1.15.